The van der Waals surface area contributed by atoms with Crippen molar-refractivity contribution in [3.05, 3.63) is 84.9 Å². The highest BCUT2D eigenvalue weighted by Crippen LogP contribution is 2.28. The number of rotatable bonds is 4. The normalized spacial score (nSPS) is 10.7. The second-order valence-corrected chi connectivity index (χ2v) is 5.89. The fourth-order valence-electron chi connectivity index (χ4n) is 2.90. The number of anilines is 1. The molecule has 4 heteroatoms. The Morgan fingerprint density at radius 2 is 1.72 bits per heavy atom. The lowest BCUT2D eigenvalue weighted by molar-refractivity contribution is 0.474. The minimum absolute atomic E-state index is 0.271. The molecule has 2 heterocycles. The van der Waals surface area contributed by atoms with Gasteiger partial charge in [0.1, 0.15) is 5.75 Å². The molecule has 2 N–H and O–H groups in total. The van der Waals surface area contributed by atoms with Gasteiger partial charge in [0.25, 0.3) is 0 Å². The third-order valence-corrected chi connectivity index (χ3v) is 4.12. The number of nitrogens with one attached hydrogen (secondary N) is 1. The highest BCUT2D eigenvalue weighted by atomic mass is 16.3. The fourth-order valence-corrected chi connectivity index (χ4v) is 2.90. The van der Waals surface area contributed by atoms with Gasteiger partial charge in [-0.1, -0.05) is 36.4 Å². The molecule has 4 aromatic rings. The van der Waals surface area contributed by atoms with E-state index in [2.05, 4.69) is 33.5 Å². The van der Waals surface area contributed by atoms with Gasteiger partial charge in [0.05, 0.1) is 5.69 Å². The summed E-state index contributed by atoms with van der Waals surface area (Å²) in [4.78, 5) is 8.70. The van der Waals surface area contributed by atoms with Crippen molar-refractivity contribution in [3.63, 3.8) is 0 Å². The van der Waals surface area contributed by atoms with Crippen LogP contribution in [0, 0.1) is 0 Å². The van der Waals surface area contributed by atoms with Crippen LogP contribution >= 0.6 is 0 Å². The molecule has 2 aromatic carbocycles. The molecule has 122 valence electrons. The van der Waals surface area contributed by atoms with Crippen LogP contribution in [0.5, 0.6) is 5.75 Å². The number of nitrogens with zero attached hydrogens (tertiary/aromatic N) is 2. The number of hydrogen-bond acceptors (Lipinski definition) is 4. The standard InChI is InChI=1S/C21H17N3O/c25-19-6-3-4-15(8-19)10-24-18-9-17(12-22-13-18)21-14-23-11-16-5-1-2-7-20(16)21/h1-9,11-14,24-25H,10H2. The molecule has 0 unspecified atom stereocenters. The fraction of sp³-hybridized carbons (Fsp3) is 0.0476. The molecule has 0 aliphatic carbocycles. The van der Waals surface area contributed by atoms with E-state index in [1.165, 1.54) is 0 Å². The lowest BCUT2D eigenvalue weighted by atomic mass is 10.0. The van der Waals surface area contributed by atoms with Crippen molar-refractivity contribution in [3.8, 4) is 16.9 Å². The van der Waals surface area contributed by atoms with E-state index in [0.29, 0.717) is 6.54 Å². The van der Waals surface area contributed by atoms with Crippen molar-refractivity contribution in [2.75, 3.05) is 5.32 Å². The van der Waals surface area contributed by atoms with E-state index in [1.807, 2.05) is 42.9 Å². The van der Waals surface area contributed by atoms with E-state index < -0.39 is 0 Å². The van der Waals surface area contributed by atoms with E-state index in [4.69, 9.17) is 0 Å². The summed E-state index contributed by atoms with van der Waals surface area (Å²) in [5.41, 5.74) is 4.02. The molecule has 0 saturated heterocycles. The topological polar surface area (TPSA) is 58.0 Å². The maximum atomic E-state index is 9.56. The van der Waals surface area contributed by atoms with E-state index >= 15 is 0 Å². The van der Waals surface area contributed by atoms with Crippen LogP contribution in [0.25, 0.3) is 21.9 Å². The summed E-state index contributed by atoms with van der Waals surface area (Å²) in [6.07, 6.45) is 7.39. The van der Waals surface area contributed by atoms with Gasteiger partial charge in [-0.25, -0.2) is 0 Å². The SMILES string of the molecule is Oc1cccc(CNc2cncc(-c3cncc4ccccc34)c2)c1. The van der Waals surface area contributed by atoms with Crippen LogP contribution in [0.1, 0.15) is 5.56 Å². The van der Waals surface area contributed by atoms with Crippen LogP contribution in [0.4, 0.5) is 5.69 Å². The van der Waals surface area contributed by atoms with Gasteiger partial charge < -0.3 is 10.4 Å². The lowest BCUT2D eigenvalue weighted by Crippen LogP contribution is -2.00. The molecular weight excluding hydrogens is 310 g/mol. The number of phenolic OH excluding ortho intramolecular Hbond substituents is 1. The molecule has 0 aliphatic heterocycles. The van der Waals surface area contributed by atoms with E-state index in [9.17, 15) is 5.11 Å². The highest BCUT2D eigenvalue weighted by Gasteiger charge is 2.06. The molecule has 0 aliphatic rings. The van der Waals surface area contributed by atoms with Crippen molar-refractivity contribution < 1.29 is 5.11 Å². The zero-order chi connectivity index (χ0) is 17.1. The van der Waals surface area contributed by atoms with Gasteiger partial charge in [-0.15, -0.1) is 0 Å². The predicted octanol–water partition coefficient (Wildman–Crippen LogP) is 4.61. The van der Waals surface area contributed by atoms with Crippen LogP contribution in [0.15, 0.2) is 79.4 Å². The smallest absolute Gasteiger partial charge is 0.115 e. The zero-order valence-corrected chi connectivity index (χ0v) is 13.6. The number of aromatic hydroxyl groups is 1. The molecule has 0 atom stereocenters. The Balaban J connectivity index is 1.63. The summed E-state index contributed by atoms with van der Waals surface area (Å²) in [6, 6.07) is 17.5. The monoisotopic (exact) mass is 327 g/mol. The van der Waals surface area contributed by atoms with Crippen LogP contribution < -0.4 is 5.32 Å². The first-order valence-electron chi connectivity index (χ1n) is 8.09. The molecule has 0 amide bonds. The van der Waals surface area contributed by atoms with E-state index in [1.54, 1.807) is 18.3 Å². The van der Waals surface area contributed by atoms with Crippen LogP contribution in [-0.4, -0.2) is 15.1 Å². The van der Waals surface area contributed by atoms with Crippen molar-refractivity contribution in [2.45, 2.75) is 6.54 Å². The average molecular weight is 327 g/mol. The molecule has 0 saturated carbocycles. The Hall–Kier alpha value is -3.40. The minimum Gasteiger partial charge on any atom is -0.508 e. The van der Waals surface area contributed by atoms with Crippen molar-refractivity contribution in [2.24, 2.45) is 0 Å². The van der Waals surface area contributed by atoms with Gasteiger partial charge in [-0.05, 0) is 29.1 Å². The van der Waals surface area contributed by atoms with Crippen molar-refractivity contribution in [1.29, 1.82) is 0 Å². The first kappa shape index (κ1) is 15.1. The number of fused-ring (bicyclic) bond motifs is 1. The van der Waals surface area contributed by atoms with Crippen LogP contribution in [0.2, 0.25) is 0 Å². The lowest BCUT2D eigenvalue weighted by Gasteiger charge is -2.10. The zero-order valence-electron chi connectivity index (χ0n) is 13.6. The molecular formula is C21H17N3O. The summed E-state index contributed by atoms with van der Waals surface area (Å²) in [6.45, 7) is 0.618. The average Bonchev–Trinajstić information content (AvgIpc) is 2.66. The van der Waals surface area contributed by atoms with Gasteiger partial charge in [0.15, 0.2) is 0 Å². The van der Waals surface area contributed by atoms with Gasteiger partial charge in [0, 0.05) is 47.8 Å². The van der Waals surface area contributed by atoms with Crippen LogP contribution in [-0.2, 0) is 6.54 Å². The largest absolute Gasteiger partial charge is 0.508 e. The summed E-state index contributed by atoms with van der Waals surface area (Å²) >= 11 is 0. The number of aromatic nitrogens is 2. The van der Waals surface area contributed by atoms with Gasteiger partial charge >= 0.3 is 0 Å². The highest BCUT2D eigenvalue weighted by molar-refractivity contribution is 5.95. The summed E-state index contributed by atoms with van der Waals surface area (Å²) < 4.78 is 0. The maximum absolute atomic E-state index is 9.56. The molecule has 0 spiro atoms. The molecule has 25 heavy (non-hydrogen) atoms. The summed E-state index contributed by atoms with van der Waals surface area (Å²) in [5.74, 6) is 0.271. The third-order valence-electron chi connectivity index (χ3n) is 4.12. The second-order valence-electron chi connectivity index (χ2n) is 5.89. The Morgan fingerprint density at radius 3 is 2.64 bits per heavy atom. The Bertz CT molecular complexity index is 1020. The number of benzene rings is 2. The first-order chi connectivity index (χ1) is 12.3. The van der Waals surface area contributed by atoms with Crippen molar-refractivity contribution >= 4 is 16.5 Å². The van der Waals surface area contributed by atoms with Gasteiger partial charge in [-0.2, -0.15) is 0 Å². The van der Waals surface area contributed by atoms with E-state index in [0.717, 1.165) is 33.2 Å². The molecule has 4 nitrogen and oxygen atoms in total. The number of phenols is 1. The van der Waals surface area contributed by atoms with E-state index in [-0.39, 0.29) is 5.75 Å². The summed E-state index contributed by atoms with van der Waals surface area (Å²) in [5, 5.41) is 15.2. The molecule has 0 fully saturated rings. The Labute approximate surface area is 145 Å². The molecule has 0 bridgehead atoms. The van der Waals surface area contributed by atoms with Crippen LogP contribution in [0.3, 0.4) is 0 Å². The second kappa shape index (κ2) is 6.61. The third kappa shape index (κ3) is 3.28. The minimum atomic E-state index is 0.271. The summed E-state index contributed by atoms with van der Waals surface area (Å²) in [7, 11) is 0. The Morgan fingerprint density at radius 1 is 0.840 bits per heavy atom. The molecule has 2 aromatic heterocycles. The maximum Gasteiger partial charge on any atom is 0.115 e. The molecule has 4 rings (SSSR count). The Kier molecular flexibility index (Phi) is 4.01. The van der Waals surface area contributed by atoms with Gasteiger partial charge in [0.2, 0.25) is 0 Å². The quantitative estimate of drug-likeness (QED) is 0.574. The predicted molar refractivity (Wildman–Crippen MR) is 100 cm³/mol. The van der Waals surface area contributed by atoms with Crippen molar-refractivity contribution in [1.82, 2.24) is 9.97 Å². The molecule has 0 radical (unpaired) electrons. The number of hydrogen-bond donors (Lipinski definition) is 2. The first-order valence-corrected chi connectivity index (χ1v) is 8.09. The van der Waals surface area contributed by atoms with Gasteiger partial charge in [-0.3, -0.25) is 9.97 Å². The number of pyridine rings is 2.